The van der Waals surface area contributed by atoms with Crippen molar-refractivity contribution in [2.45, 2.75) is 37.4 Å². The largest absolute Gasteiger partial charge is 0.507 e. The highest BCUT2D eigenvalue weighted by molar-refractivity contribution is 8.00. The van der Waals surface area contributed by atoms with E-state index in [1.807, 2.05) is 18.7 Å². The zero-order valence-corrected chi connectivity index (χ0v) is 12.3. The number of rotatable bonds is 4. The van der Waals surface area contributed by atoms with Gasteiger partial charge in [0.25, 0.3) is 5.91 Å². The fourth-order valence-corrected chi connectivity index (χ4v) is 3.55. The van der Waals surface area contributed by atoms with Crippen molar-refractivity contribution in [1.82, 2.24) is 5.32 Å². The van der Waals surface area contributed by atoms with Crippen LogP contribution < -0.4 is 5.32 Å². The Bertz CT molecular complexity index is 467. The summed E-state index contributed by atoms with van der Waals surface area (Å²) in [6.07, 6.45) is 6.92. The number of phenols is 1. The summed E-state index contributed by atoms with van der Waals surface area (Å²) < 4.78 is 0.190. The van der Waals surface area contributed by atoms with Gasteiger partial charge < -0.3 is 10.4 Å². The molecule has 0 atom stereocenters. The Labute approximate surface area is 118 Å². The molecule has 0 radical (unpaired) electrons. The van der Waals surface area contributed by atoms with E-state index in [0.29, 0.717) is 12.1 Å². The molecule has 1 saturated carbocycles. The number of benzene rings is 1. The van der Waals surface area contributed by atoms with Crippen LogP contribution in [0.3, 0.4) is 0 Å². The number of aromatic hydroxyl groups is 1. The third-order valence-electron chi connectivity index (χ3n) is 3.92. The zero-order valence-electron chi connectivity index (χ0n) is 11.5. The maximum Gasteiger partial charge on any atom is 0.255 e. The summed E-state index contributed by atoms with van der Waals surface area (Å²) in [6.45, 7) is 2.59. The molecule has 0 spiro atoms. The molecular weight excluding hydrogens is 258 g/mol. The summed E-state index contributed by atoms with van der Waals surface area (Å²) in [5, 5.41) is 12.7. The van der Waals surface area contributed by atoms with Crippen molar-refractivity contribution >= 4 is 17.7 Å². The number of carbonyl (C=O) groups is 1. The summed E-state index contributed by atoms with van der Waals surface area (Å²) in [5.41, 5.74) is 1.35. The maximum atomic E-state index is 12.2. The monoisotopic (exact) mass is 279 g/mol. The normalized spacial score (nSPS) is 17.4. The molecule has 0 aliphatic heterocycles. The lowest BCUT2D eigenvalue weighted by Gasteiger charge is -2.27. The Balaban J connectivity index is 2.03. The molecule has 0 heterocycles. The van der Waals surface area contributed by atoms with Crippen LogP contribution in [0.5, 0.6) is 5.75 Å². The van der Waals surface area contributed by atoms with E-state index in [-0.39, 0.29) is 16.4 Å². The van der Waals surface area contributed by atoms with Crippen LogP contribution in [-0.2, 0) is 0 Å². The summed E-state index contributed by atoms with van der Waals surface area (Å²) in [7, 11) is 0. The molecule has 0 aromatic heterocycles. The lowest BCUT2D eigenvalue weighted by Crippen LogP contribution is -2.38. The van der Waals surface area contributed by atoms with Crippen molar-refractivity contribution in [2.75, 3.05) is 12.8 Å². The quantitative estimate of drug-likeness (QED) is 0.890. The molecule has 0 bridgehead atoms. The predicted molar refractivity (Wildman–Crippen MR) is 79.9 cm³/mol. The zero-order chi connectivity index (χ0) is 13.9. The minimum Gasteiger partial charge on any atom is -0.507 e. The Morgan fingerprint density at radius 3 is 2.74 bits per heavy atom. The molecule has 0 unspecified atom stereocenters. The Kier molecular flexibility index (Phi) is 4.40. The second kappa shape index (κ2) is 5.87. The molecule has 2 N–H and O–H groups in total. The Hall–Kier alpha value is -1.16. The maximum absolute atomic E-state index is 12.2. The third kappa shape index (κ3) is 3.24. The van der Waals surface area contributed by atoms with E-state index in [4.69, 9.17) is 0 Å². The van der Waals surface area contributed by atoms with Crippen molar-refractivity contribution in [3.05, 3.63) is 29.3 Å². The number of phenolic OH excluding ortho intramolecular Hbond substituents is 1. The number of hydrogen-bond acceptors (Lipinski definition) is 3. The van der Waals surface area contributed by atoms with Gasteiger partial charge in [0.1, 0.15) is 5.75 Å². The van der Waals surface area contributed by atoms with Crippen LogP contribution in [0.25, 0.3) is 0 Å². The number of hydrogen-bond donors (Lipinski definition) is 2. The first-order valence-corrected chi connectivity index (χ1v) is 7.92. The molecule has 4 heteroatoms. The van der Waals surface area contributed by atoms with E-state index in [1.54, 1.807) is 18.2 Å². The average Bonchev–Trinajstić information content (AvgIpc) is 2.88. The van der Waals surface area contributed by atoms with Crippen LogP contribution in [0.2, 0.25) is 0 Å². The highest BCUT2D eigenvalue weighted by Crippen LogP contribution is 2.39. The highest BCUT2D eigenvalue weighted by atomic mass is 32.2. The Morgan fingerprint density at radius 2 is 2.11 bits per heavy atom. The lowest BCUT2D eigenvalue weighted by molar-refractivity contribution is 0.0947. The third-order valence-corrected chi connectivity index (χ3v) is 5.33. The summed E-state index contributed by atoms with van der Waals surface area (Å²) in [4.78, 5) is 12.2. The second-order valence-corrected chi connectivity index (χ2v) is 6.57. The smallest absolute Gasteiger partial charge is 0.255 e. The van der Waals surface area contributed by atoms with Gasteiger partial charge in [0.05, 0.1) is 5.56 Å². The number of nitrogens with one attached hydrogen (secondary N) is 1. The van der Waals surface area contributed by atoms with Crippen molar-refractivity contribution in [1.29, 1.82) is 0 Å². The molecule has 1 fully saturated rings. The molecule has 1 aliphatic rings. The van der Waals surface area contributed by atoms with Gasteiger partial charge in [-0.3, -0.25) is 4.79 Å². The van der Waals surface area contributed by atoms with Gasteiger partial charge >= 0.3 is 0 Å². The van der Waals surface area contributed by atoms with Gasteiger partial charge in [-0.25, -0.2) is 0 Å². The molecule has 2 rings (SSSR count). The topological polar surface area (TPSA) is 49.3 Å². The molecule has 3 nitrogen and oxygen atoms in total. The van der Waals surface area contributed by atoms with E-state index >= 15 is 0 Å². The van der Waals surface area contributed by atoms with Gasteiger partial charge in [0, 0.05) is 11.3 Å². The number of thioether (sulfide) groups is 1. The van der Waals surface area contributed by atoms with Gasteiger partial charge in [-0.15, -0.1) is 0 Å². The van der Waals surface area contributed by atoms with Gasteiger partial charge in [0.2, 0.25) is 0 Å². The highest BCUT2D eigenvalue weighted by Gasteiger charge is 2.33. The number of carbonyl (C=O) groups excluding carboxylic acids is 1. The van der Waals surface area contributed by atoms with E-state index in [0.717, 1.165) is 18.4 Å². The molecule has 104 valence electrons. The summed E-state index contributed by atoms with van der Waals surface area (Å²) >= 11 is 1.85. The molecule has 19 heavy (non-hydrogen) atoms. The van der Waals surface area contributed by atoms with Crippen molar-refractivity contribution in [3.8, 4) is 5.75 Å². The first-order chi connectivity index (χ1) is 9.06. The fourth-order valence-electron chi connectivity index (χ4n) is 2.64. The summed E-state index contributed by atoms with van der Waals surface area (Å²) in [6, 6.07) is 5.10. The van der Waals surface area contributed by atoms with Crippen LogP contribution in [0.15, 0.2) is 18.2 Å². The molecule has 1 aliphatic carbocycles. The Morgan fingerprint density at radius 1 is 1.42 bits per heavy atom. The van der Waals surface area contributed by atoms with Gasteiger partial charge in [-0.1, -0.05) is 24.5 Å². The van der Waals surface area contributed by atoms with E-state index in [1.165, 1.54) is 12.8 Å². The van der Waals surface area contributed by atoms with Crippen LogP contribution >= 0.6 is 11.8 Å². The molecular formula is C15H21NO2S. The lowest BCUT2D eigenvalue weighted by atomic mass is 10.1. The van der Waals surface area contributed by atoms with Gasteiger partial charge in [-0.05, 0) is 38.2 Å². The minimum absolute atomic E-state index is 0.0488. The van der Waals surface area contributed by atoms with E-state index in [2.05, 4.69) is 11.6 Å². The number of amides is 1. The van der Waals surface area contributed by atoms with Crippen LogP contribution in [-0.4, -0.2) is 28.6 Å². The minimum atomic E-state index is -0.179. The second-order valence-electron chi connectivity index (χ2n) is 5.30. The fraction of sp³-hybridized carbons (Fsp3) is 0.533. The summed E-state index contributed by atoms with van der Waals surface area (Å²) in [5.74, 6) is -0.130. The van der Waals surface area contributed by atoms with Crippen LogP contribution in [0.1, 0.15) is 41.6 Å². The standard InChI is InChI=1S/C15H21NO2S/c1-11-5-6-13(17)12(9-11)14(18)16-10-15(19-2)7-3-4-8-15/h5-6,9,17H,3-4,7-8,10H2,1-2H3,(H,16,18). The van der Waals surface area contributed by atoms with Crippen LogP contribution in [0.4, 0.5) is 0 Å². The predicted octanol–water partition coefficient (Wildman–Crippen LogP) is 3.11. The van der Waals surface area contributed by atoms with Gasteiger partial charge in [-0.2, -0.15) is 11.8 Å². The first kappa shape index (κ1) is 14.3. The molecule has 1 aromatic carbocycles. The van der Waals surface area contributed by atoms with Crippen LogP contribution in [0, 0.1) is 6.92 Å². The molecule has 0 saturated heterocycles. The average molecular weight is 279 g/mol. The number of aryl methyl sites for hydroxylation is 1. The molecule has 1 amide bonds. The SMILES string of the molecule is CSC1(CNC(=O)c2cc(C)ccc2O)CCCC1. The van der Waals surface area contributed by atoms with Gasteiger partial charge in [0.15, 0.2) is 0 Å². The molecule has 1 aromatic rings. The van der Waals surface area contributed by atoms with Crippen molar-refractivity contribution in [3.63, 3.8) is 0 Å². The van der Waals surface area contributed by atoms with E-state index < -0.39 is 0 Å². The van der Waals surface area contributed by atoms with Crippen molar-refractivity contribution in [2.24, 2.45) is 0 Å². The van der Waals surface area contributed by atoms with E-state index in [9.17, 15) is 9.90 Å². The first-order valence-electron chi connectivity index (χ1n) is 6.69. The van der Waals surface area contributed by atoms with Crippen molar-refractivity contribution < 1.29 is 9.90 Å².